The van der Waals surface area contributed by atoms with E-state index in [4.69, 9.17) is 9.97 Å². The van der Waals surface area contributed by atoms with Gasteiger partial charge in [0.05, 0.1) is 11.6 Å². The number of pyridine rings is 1. The van der Waals surface area contributed by atoms with Crippen LogP contribution in [0.1, 0.15) is 17.9 Å². The van der Waals surface area contributed by atoms with E-state index in [1.54, 1.807) is 29.3 Å². The Kier molecular flexibility index (Phi) is 4.00. The summed E-state index contributed by atoms with van der Waals surface area (Å²) in [5, 5.41) is 5.28. The fourth-order valence-electron chi connectivity index (χ4n) is 3.89. The summed E-state index contributed by atoms with van der Waals surface area (Å²) in [6.07, 6.45) is 6.15. The van der Waals surface area contributed by atoms with Crippen molar-refractivity contribution in [3.63, 3.8) is 0 Å². The molecule has 4 aromatic rings. The molecule has 0 bridgehead atoms. The van der Waals surface area contributed by atoms with Crippen molar-refractivity contribution in [1.29, 1.82) is 0 Å². The Morgan fingerprint density at radius 3 is 2.71 bits per heavy atom. The van der Waals surface area contributed by atoms with Gasteiger partial charge in [0.25, 0.3) is 0 Å². The van der Waals surface area contributed by atoms with Crippen molar-refractivity contribution in [2.24, 2.45) is 7.05 Å². The van der Waals surface area contributed by atoms with Crippen molar-refractivity contribution in [2.45, 2.75) is 12.3 Å². The summed E-state index contributed by atoms with van der Waals surface area (Å²) in [5.74, 6) is 1.50. The molecular weight excluding hydrogens is 355 g/mol. The Hall–Kier alpha value is -3.35. The van der Waals surface area contributed by atoms with Crippen LogP contribution in [0.5, 0.6) is 0 Å². The number of hydrogen-bond acceptors (Lipinski definition) is 5. The summed E-state index contributed by atoms with van der Waals surface area (Å²) < 4.78 is 16.0. The quantitative estimate of drug-likeness (QED) is 0.549. The van der Waals surface area contributed by atoms with Crippen molar-refractivity contribution >= 4 is 16.9 Å². The molecule has 0 radical (unpaired) electrons. The number of nitrogens with zero attached hydrogens (tertiary/aromatic N) is 6. The summed E-state index contributed by atoms with van der Waals surface area (Å²) in [7, 11) is 1.88. The van der Waals surface area contributed by atoms with Crippen LogP contribution in [0.4, 0.5) is 10.2 Å². The average molecular weight is 374 g/mol. The molecule has 6 nitrogen and oxygen atoms in total. The first-order chi connectivity index (χ1) is 13.7. The van der Waals surface area contributed by atoms with E-state index in [-0.39, 0.29) is 11.7 Å². The third-order valence-electron chi connectivity index (χ3n) is 5.34. The monoisotopic (exact) mass is 374 g/mol. The van der Waals surface area contributed by atoms with Gasteiger partial charge >= 0.3 is 0 Å². The SMILES string of the molecule is Cn1ncc2c(N3CC[C@H](c4ccccc4F)C3)nc(-c3ccncc3)nc21. The molecule has 0 saturated carbocycles. The van der Waals surface area contributed by atoms with Gasteiger partial charge in [-0.25, -0.2) is 14.4 Å². The summed E-state index contributed by atoms with van der Waals surface area (Å²) in [4.78, 5) is 15.8. The van der Waals surface area contributed by atoms with Crippen LogP contribution in [0.15, 0.2) is 55.0 Å². The molecule has 140 valence electrons. The van der Waals surface area contributed by atoms with Crippen LogP contribution in [-0.2, 0) is 7.05 Å². The van der Waals surface area contributed by atoms with Gasteiger partial charge in [0.2, 0.25) is 0 Å². The predicted octanol–water partition coefficient (Wildman–Crippen LogP) is 3.56. The van der Waals surface area contributed by atoms with Crippen LogP contribution >= 0.6 is 0 Å². The molecule has 3 aromatic heterocycles. The van der Waals surface area contributed by atoms with Crippen LogP contribution < -0.4 is 4.90 Å². The Labute approximate surface area is 161 Å². The first-order valence-corrected chi connectivity index (χ1v) is 9.30. The summed E-state index contributed by atoms with van der Waals surface area (Å²) in [6.45, 7) is 1.54. The summed E-state index contributed by atoms with van der Waals surface area (Å²) >= 11 is 0. The molecule has 0 N–H and O–H groups in total. The molecule has 1 fully saturated rings. The number of aromatic nitrogens is 5. The van der Waals surface area contributed by atoms with Gasteiger partial charge in [0, 0.05) is 44.0 Å². The lowest BCUT2D eigenvalue weighted by molar-refractivity contribution is 0.589. The molecule has 4 heterocycles. The molecule has 1 atom stereocenters. The molecule has 0 unspecified atom stereocenters. The van der Waals surface area contributed by atoms with Crippen molar-refractivity contribution in [1.82, 2.24) is 24.7 Å². The second-order valence-electron chi connectivity index (χ2n) is 7.07. The van der Waals surface area contributed by atoms with Gasteiger partial charge in [-0.3, -0.25) is 9.67 Å². The molecule has 0 spiro atoms. The van der Waals surface area contributed by atoms with Gasteiger partial charge in [-0.1, -0.05) is 18.2 Å². The minimum absolute atomic E-state index is 0.138. The molecule has 1 aliphatic rings. The van der Waals surface area contributed by atoms with E-state index in [9.17, 15) is 4.39 Å². The van der Waals surface area contributed by atoms with Gasteiger partial charge in [-0.05, 0) is 30.2 Å². The zero-order valence-corrected chi connectivity index (χ0v) is 15.5. The first kappa shape index (κ1) is 16.8. The molecule has 1 aliphatic heterocycles. The maximum Gasteiger partial charge on any atom is 0.164 e. The smallest absolute Gasteiger partial charge is 0.164 e. The molecule has 28 heavy (non-hydrogen) atoms. The third-order valence-corrected chi connectivity index (χ3v) is 5.34. The lowest BCUT2D eigenvalue weighted by atomic mass is 9.98. The van der Waals surface area contributed by atoms with Crippen molar-refractivity contribution in [3.05, 3.63) is 66.4 Å². The number of benzene rings is 1. The predicted molar refractivity (Wildman–Crippen MR) is 106 cm³/mol. The second kappa shape index (κ2) is 6.67. The van der Waals surface area contributed by atoms with Gasteiger partial charge in [0.15, 0.2) is 11.5 Å². The van der Waals surface area contributed by atoms with Crippen LogP contribution in [0, 0.1) is 5.82 Å². The zero-order chi connectivity index (χ0) is 19.1. The van der Waals surface area contributed by atoms with Crippen molar-refractivity contribution < 1.29 is 4.39 Å². The van der Waals surface area contributed by atoms with Crippen molar-refractivity contribution in [2.75, 3.05) is 18.0 Å². The largest absolute Gasteiger partial charge is 0.355 e. The van der Waals surface area contributed by atoms with E-state index in [1.165, 1.54) is 6.07 Å². The van der Waals surface area contributed by atoms with Crippen LogP contribution in [0.3, 0.4) is 0 Å². The molecule has 1 saturated heterocycles. The normalized spacial score (nSPS) is 16.8. The number of anilines is 1. The summed E-state index contributed by atoms with van der Waals surface area (Å²) in [6, 6.07) is 10.8. The molecule has 5 rings (SSSR count). The Morgan fingerprint density at radius 2 is 1.89 bits per heavy atom. The minimum Gasteiger partial charge on any atom is -0.355 e. The van der Waals surface area contributed by atoms with Crippen molar-refractivity contribution in [3.8, 4) is 11.4 Å². The van der Waals surface area contributed by atoms with Gasteiger partial charge in [-0.2, -0.15) is 5.10 Å². The highest BCUT2D eigenvalue weighted by molar-refractivity contribution is 5.88. The fourth-order valence-corrected chi connectivity index (χ4v) is 3.89. The number of aryl methyl sites for hydroxylation is 1. The zero-order valence-electron chi connectivity index (χ0n) is 15.5. The van der Waals surface area contributed by atoms with E-state index in [0.29, 0.717) is 5.82 Å². The van der Waals surface area contributed by atoms with Crippen LogP contribution in [0.2, 0.25) is 0 Å². The van der Waals surface area contributed by atoms with E-state index < -0.39 is 0 Å². The molecule has 7 heteroatoms. The Balaban J connectivity index is 1.56. The minimum atomic E-state index is -0.138. The van der Waals surface area contributed by atoms with E-state index in [0.717, 1.165) is 47.5 Å². The molecular formula is C21H19FN6. The van der Waals surface area contributed by atoms with Crippen LogP contribution in [-0.4, -0.2) is 37.8 Å². The molecule has 1 aromatic carbocycles. The van der Waals surface area contributed by atoms with E-state index in [1.807, 2.05) is 31.3 Å². The van der Waals surface area contributed by atoms with E-state index >= 15 is 0 Å². The van der Waals surface area contributed by atoms with Gasteiger partial charge in [-0.15, -0.1) is 0 Å². The lowest BCUT2D eigenvalue weighted by Crippen LogP contribution is -2.21. The number of hydrogen-bond donors (Lipinski definition) is 0. The maximum atomic E-state index is 14.2. The standard InChI is InChI=1S/C21H19FN6/c1-27-20-17(12-24-27)21(26-19(25-20)14-6-9-23-10-7-14)28-11-8-15(13-28)16-4-2-3-5-18(16)22/h2-7,9-10,12,15H,8,11,13H2,1H3/t15-/m0/s1. The topological polar surface area (TPSA) is 59.7 Å². The molecule has 0 aliphatic carbocycles. The Bertz CT molecular complexity index is 1140. The number of fused-ring (bicyclic) bond motifs is 1. The number of rotatable bonds is 3. The van der Waals surface area contributed by atoms with E-state index in [2.05, 4.69) is 15.0 Å². The Morgan fingerprint density at radius 1 is 1.07 bits per heavy atom. The fraction of sp³-hybridized carbons (Fsp3) is 0.238. The van der Waals surface area contributed by atoms with Gasteiger partial charge in [0.1, 0.15) is 11.6 Å². The summed E-state index contributed by atoms with van der Waals surface area (Å²) in [5.41, 5.74) is 2.46. The highest BCUT2D eigenvalue weighted by Crippen LogP contribution is 2.35. The number of halogens is 1. The lowest BCUT2D eigenvalue weighted by Gasteiger charge is -2.19. The maximum absolute atomic E-state index is 14.2. The van der Waals surface area contributed by atoms with Crippen LogP contribution in [0.25, 0.3) is 22.4 Å². The highest BCUT2D eigenvalue weighted by atomic mass is 19.1. The third kappa shape index (κ3) is 2.79. The second-order valence-corrected chi connectivity index (χ2v) is 7.07. The average Bonchev–Trinajstić information content (AvgIpc) is 3.36. The molecule has 0 amide bonds. The highest BCUT2D eigenvalue weighted by Gasteiger charge is 2.29. The first-order valence-electron chi connectivity index (χ1n) is 9.30. The van der Waals surface area contributed by atoms with Gasteiger partial charge < -0.3 is 4.90 Å².